The Kier molecular flexibility index (Phi) is 4.59. The van der Waals surface area contributed by atoms with Gasteiger partial charge in [0, 0.05) is 17.1 Å². The number of carbonyl (C=O) groups excluding carboxylic acids is 1. The summed E-state index contributed by atoms with van der Waals surface area (Å²) in [7, 11) is 3.13. The Labute approximate surface area is 149 Å². The highest BCUT2D eigenvalue weighted by Gasteiger charge is 2.20. The van der Waals surface area contributed by atoms with Crippen molar-refractivity contribution in [1.82, 2.24) is 9.97 Å². The van der Waals surface area contributed by atoms with Gasteiger partial charge >= 0.3 is 0 Å². The lowest BCUT2D eigenvalue weighted by atomic mass is 10.1. The van der Waals surface area contributed by atoms with Gasteiger partial charge in [-0.25, -0.2) is 9.97 Å². The number of fused-ring (bicyclic) bond motifs is 1. The summed E-state index contributed by atoms with van der Waals surface area (Å²) in [4.78, 5) is 23.1. The molecule has 0 aliphatic rings. The van der Waals surface area contributed by atoms with Crippen molar-refractivity contribution >= 4 is 33.1 Å². The van der Waals surface area contributed by atoms with Gasteiger partial charge in [0.05, 0.1) is 24.8 Å². The zero-order valence-electron chi connectivity index (χ0n) is 14.8. The molecule has 0 atom stereocenters. The van der Waals surface area contributed by atoms with Crippen LogP contribution in [-0.2, 0) is 0 Å². The van der Waals surface area contributed by atoms with Gasteiger partial charge in [-0.3, -0.25) is 4.79 Å². The Bertz CT molecular complexity index is 966. The van der Waals surface area contributed by atoms with Crippen molar-refractivity contribution in [3.8, 4) is 11.5 Å². The molecule has 1 aromatic carbocycles. The summed E-state index contributed by atoms with van der Waals surface area (Å²) < 4.78 is 10.5. The second kappa shape index (κ2) is 6.68. The number of hydrogen-bond acceptors (Lipinski definition) is 6. The number of aryl methyl sites for hydroxylation is 3. The molecule has 3 aromatic rings. The number of rotatable bonds is 4. The molecule has 0 radical (unpaired) electrons. The molecule has 0 saturated carbocycles. The highest BCUT2D eigenvalue weighted by Crippen LogP contribution is 2.33. The molecule has 6 nitrogen and oxygen atoms in total. The number of aromatic nitrogens is 2. The van der Waals surface area contributed by atoms with Gasteiger partial charge in [0.2, 0.25) is 0 Å². The number of carbonyl (C=O) groups is 1. The number of thiophene rings is 1. The Balaban J connectivity index is 1.98. The van der Waals surface area contributed by atoms with Gasteiger partial charge in [-0.05, 0) is 38.5 Å². The minimum absolute atomic E-state index is 0.194. The molecule has 0 fully saturated rings. The van der Waals surface area contributed by atoms with Crippen LogP contribution in [0, 0.1) is 20.8 Å². The first-order valence-corrected chi connectivity index (χ1v) is 8.54. The van der Waals surface area contributed by atoms with Crippen molar-refractivity contribution < 1.29 is 14.3 Å². The van der Waals surface area contributed by atoms with Gasteiger partial charge in [-0.1, -0.05) is 0 Å². The van der Waals surface area contributed by atoms with E-state index in [9.17, 15) is 4.79 Å². The molecular formula is C18H19N3O3S. The molecule has 0 aliphatic carbocycles. The molecule has 1 N–H and O–H groups in total. The van der Waals surface area contributed by atoms with Crippen LogP contribution in [0.4, 0.5) is 5.69 Å². The van der Waals surface area contributed by atoms with Gasteiger partial charge < -0.3 is 14.8 Å². The fourth-order valence-electron chi connectivity index (χ4n) is 2.77. The average molecular weight is 357 g/mol. The van der Waals surface area contributed by atoms with Crippen LogP contribution in [-0.4, -0.2) is 30.1 Å². The lowest BCUT2D eigenvalue weighted by molar-refractivity contribution is 0.102. The van der Waals surface area contributed by atoms with Gasteiger partial charge in [0.15, 0.2) is 0 Å². The number of anilines is 1. The summed E-state index contributed by atoms with van der Waals surface area (Å²) in [6.07, 6.45) is 0. The number of hydrogen-bond donors (Lipinski definition) is 1. The Morgan fingerprint density at radius 3 is 2.56 bits per heavy atom. The standard InChI is InChI=1S/C18H19N3O3S/c1-9-15-10(2)19-11(3)20-18(15)25-16(9)17(22)21-13-7-6-12(23-4)8-14(13)24-5/h6-8H,1-5H3,(H,21,22). The zero-order valence-corrected chi connectivity index (χ0v) is 15.6. The van der Waals surface area contributed by atoms with E-state index >= 15 is 0 Å². The van der Waals surface area contributed by atoms with Crippen molar-refractivity contribution in [1.29, 1.82) is 0 Å². The molecule has 0 aliphatic heterocycles. The van der Waals surface area contributed by atoms with E-state index in [-0.39, 0.29) is 5.91 Å². The van der Waals surface area contributed by atoms with Gasteiger partial charge in [0.1, 0.15) is 22.2 Å². The third kappa shape index (κ3) is 3.15. The Morgan fingerprint density at radius 1 is 1.12 bits per heavy atom. The maximum absolute atomic E-state index is 12.8. The van der Waals surface area contributed by atoms with Gasteiger partial charge in [0.25, 0.3) is 5.91 Å². The third-order valence-corrected chi connectivity index (χ3v) is 5.13. The molecule has 0 bridgehead atoms. The second-order valence-corrected chi connectivity index (χ2v) is 6.61. The smallest absolute Gasteiger partial charge is 0.266 e. The summed E-state index contributed by atoms with van der Waals surface area (Å²) >= 11 is 1.37. The van der Waals surface area contributed by atoms with Crippen LogP contribution in [0.25, 0.3) is 10.2 Å². The minimum Gasteiger partial charge on any atom is -0.497 e. The quantitative estimate of drug-likeness (QED) is 0.767. The van der Waals surface area contributed by atoms with E-state index in [0.717, 1.165) is 21.5 Å². The summed E-state index contributed by atoms with van der Waals surface area (Å²) in [5.74, 6) is 1.71. The zero-order chi connectivity index (χ0) is 18.1. The normalized spacial score (nSPS) is 10.8. The summed E-state index contributed by atoms with van der Waals surface area (Å²) in [6, 6.07) is 5.26. The first kappa shape index (κ1) is 17.2. The van der Waals surface area contributed by atoms with Gasteiger partial charge in [-0.2, -0.15) is 0 Å². The second-order valence-electron chi connectivity index (χ2n) is 5.61. The molecule has 25 heavy (non-hydrogen) atoms. The SMILES string of the molecule is COc1ccc(NC(=O)c2sc3nc(C)nc(C)c3c2C)c(OC)c1. The van der Waals surface area contributed by atoms with Crippen molar-refractivity contribution in [3.63, 3.8) is 0 Å². The van der Waals surface area contributed by atoms with Crippen LogP contribution in [0.1, 0.15) is 26.8 Å². The number of nitrogens with one attached hydrogen (secondary N) is 1. The Morgan fingerprint density at radius 2 is 1.88 bits per heavy atom. The molecule has 1 amide bonds. The first-order chi connectivity index (χ1) is 11.9. The number of ether oxygens (including phenoxy) is 2. The number of methoxy groups -OCH3 is 2. The molecule has 3 rings (SSSR count). The van der Waals surface area contributed by atoms with Crippen LogP contribution in [0.15, 0.2) is 18.2 Å². The van der Waals surface area contributed by atoms with Crippen LogP contribution >= 0.6 is 11.3 Å². The van der Waals surface area contributed by atoms with E-state index in [2.05, 4.69) is 15.3 Å². The highest BCUT2D eigenvalue weighted by molar-refractivity contribution is 7.20. The maximum atomic E-state index is 12.8. The van der Waals surface area contributed by atoms with Crippen LogP contribution in [0.2, 0.25) is 0 Å². The predicted molar refractivity (Wildman–Crippen MR) is 99.1 cm³/mol. The number of nitrogens with zero attached hydrogens (tertiary/aromatic N) is 2. The molecule has 0 spiro atoms. The molecule has 2 aromatic heterocycles. The van der Waals surface area contributed by atoms with Crippen molar-refractivity contribution in [2.45, 2.75) is 20.8 Å². The molecular weight excluding hydrogens is 338 g/mol. The average Bonchev–Trinajstić information content (AvgIpc) is 2.91. The maximum Gasteiger partial charge on any atom is 0.266 e. The third-order valence-electron chi connectivity index (χ3n) is 3.95. The largest absolute Gasteiger partial charge is 0.497 e. The Hall–Kier alpha value is -2.67. The molecule has 130 valence electrons. The van der Waals surface area contributed by atoms with E-state index in [1.807, 2.05) is 20.8 Å². The summed E-state index contributed by atoms with van der Waals surface area (Å²) in [5.41, 5.74) is 2.36. The van der Waals surface area contributed by atoms with E-state index in [0.29, 0.717) is 27.9 Å². The lowest BCUT2D eigenvalue weighted by Gasteiger charge is -2.11. The predicted octanol–water partition coefficient (Wildman–Crippen LogP) is 3.89. The van der Waals surface area contributed by atoms with Crippen LogP contribution in [0.5, 0.6) is 11.5 Å². The fraction of sp³-hybridized carbons (Fsp3) is 0.278. The van der Waals surface area contributed by atoms with Crippen LogP contribution in [0.3, 0.4) is 0 Å². The van der Waals surface area contributed by atoms with Crippen molar-refractivity contribution in [3.05, 3.63) is 40.2 Å². The van der Waals surface area contributed by atoms with E-state index in [4.69, 9.17) is 9.47 Å². The summed E-state index contributed by atoms with van der Waals surface area (Å²) in [6.45, 7) is 5.71. The molecule has 0 saturated heterocycles. The minimum atomic E-state index is -0.194. The highest BCUT2D eigenvalue weighted by atomic mass is 32.1. The van der Waals surface area contributed by atoms with Crippen molar-refractivity contribution in [2.75, 3.05) is 19.5 Å². The van der Waals surface area contributed by atoms with Crippen LogP contribution < -0.4 is 14.8 Å². The topological polar surface area (TPSA) is 73.3 Å². The molecule has 2 heterocycles. The summed E-state index contributed by atoms with van der Waals surface area (Å²) in [5, 5.41) is 3.85. The fourth-order valence-corrected chi connectivity index (χ4v) is 3.94. The molecule has 7 heteroatoms. The van der Waals surface area contributed by atoms with Crippen molar-refractivity contribution in [2.24, 2.45) is 0 Å². The first-order valence-electron chi connectivity index (χ1n) is 7.72. The monoisotopic (exact) mass is 357 g/mol. The number of benzene rings is 1. The van der Waals surface area contributed by atoms with E-state index in [1.165, 1.54) is 11.3 Å². The van der Waals surface area contributed by atoms with E-state index < -0.39 is 0 Å². The number of amides is 1. The van der Waals surface area contributed by atoms with Gasteiger partial charge in [-0.15, -0.1) is 11.3 Å². The molecule has 0 unspecified atom stereocenters. The van der Waals surface area contributed by atoms with E-state index in [1.54, 1.807) is 32.4 Å². The lowest BCUT2D eigenvalue weighted by Crippen LogP contribution is -2.12.